The molecule has 4 nitrogen and oxygen atoms in total. The monoisotopic (exact) mass is 338 g/mol. The Morgan fingerprint density at radius 3 is 2.12 bits per heavy atom. The van der Waals surface area contributed by atoms with Crippen molar-refractivity contribution in [2.75, 3.05) is 12.4 Å². The van der Waals surface area contributed by atoms with Crippen molar-refractivity contribution in [2.24, 2.45) is 0 Å². The fraction of sp³-hybridized carbons (Fsp3) is 0.333. The molecule has 2 rings (SSSR count). The molecule has 0 aliphatic carbocycles. The van der Waals surface area contributed by atoms with E-state index in [0.29, 0.717) is 12.2 Å². The third-order valence-electron chi connectivity index (χ3n) is 4.03. The summed E-state index contributed by atoms with van der Waals surface area (Å²) in [6, 6.07) is 17.5. The zero-order chi connectivity index (χ0) is 18.4. The minimum Gasteiger partial charge on any atom is -0.341 e. The number of rotatable bonds is 5. The standard InChI is InChI=1S/C21H26N2O2/c1-21(2,3)17-10-12-18(13-11-17)22-19(24)14-20(25)23(4)15-16-8-6-5-7-9-16/h5-13H,14-15H2,1-4H3,(H,22,24). The van der Waals surface area contributed by atoms with Gasteiger partial charge in [0.2, 0.25) is 11.8 Å². The van der Waals surface area contributed by atoms with E-state index < -0.39 is 0 Å². The Kier molecular flexibility index (Phi) is 5.97. The van der Waals surface area contributed by atoms with Gasteiger partial charge < -0.3 is 10.2 Å². The maximum absolute atomic E-state index is 12.2. The Labute approximate surface area is 149 Å². The van der Waals surface area contributed by atoms with Crippen LogP contribution in [0.4, 0.5) is 5.69 Å². The van der Waals surface area contributed by atoms with Crippen LogP contribution < -0.4 is 5.32 Å². The van der Waals surface area contributed by atoms with E-state index in [1.54, 1.807) is 11.9 Å². The van der Waals surface area contributed by atoms with Gasteiger partial charge in [-0.1, -0.05) is 63.2 Å². The van der Waals surface area contributed by atoms with Crippen molar-refractivity contribution >= 4 is 17.5 Å². The summed E-state index contributed by atoms with van der Waals surface area (Å²) in [4.78, 5) is 25.9. The molecule has 0 fully saturated rings. The number of benzene rings is 2. The van der Waals surface area contributed by atoms with Crippen LogP contribution in [0.5, 0.6) is 0 Å². The normalized spacial score (nSPS) is 11.0. The van der Waals surface area contributed by atoms with Crippen molar-refractivity contribution in [3.8, 4) is 0 Å². The number of hydrogen-bond donors (Lipinski definition) is 1. The maximum Gasteiger partial charge on any atom is 0.233 e. The summed E-state index contributed by atoms with van der Waals surface area (Å²) in [5.41, 5.74) is 3.01. The van der Waals surface area contributed by atoms with Gasteiger partial charge in [0, 0.05) is 19.3 Å². The average molecular weight is 338 g/mol. The van der Waals surface area contributed by atoms with Gasteiger partial charge >= 0.3 is 0 Å². The molecule has 0 saturated carbocycles. The number of nitrogens with zero attached hydrogens (tertiary/aromatic N) is 1. The minimum atomic E-state index is -0.298. The second-order valence-electron chi connectivity index (χ2n) is 7.29. The molecular weight excluding hydrogens is 312 g/mol. The van der Waals surface area contributed by atoms with Crippen molar-refractivity contribution in [2.45, 2.75) is 39.2 Å². The molecule has 0 heterocycles. The molecule has 0 saturated heterocycles. The molecule has 0 aliphatic heterocycles. The maximum atomic E-state index is 12.2. The molecule has 132 valence electrons. The lowest BCUT2D eigenvalue weighted by Crippen LogP contribution is -2.30. The van der Waals surface area contributed by atoms with Gasteiger partial charge in [0.25, 0.3) is 0 Å². The number of nitrogens with one attached hydrogen (secondary N) is 1. The predicted molar refractivity (Wildman–Crippen MR) is 101 cm³/mol. The minimum absolute atomic E-state index is 0.0681. The SMILES string of the molecule is CN(Cc1ccccc1)C(=O)CC(=O)Nc1ccc(C(C)(C)C)cc1. The molecule has 2 amide bonds. The smallest absolute Gasteiger partial charge is 0.233 e. The molecule has 2 aromatic carbocycles. The van der Waals surface area contributed by atoms with Gasteiger partial charge in [0.15, 0.2) is 0 Å². The van der Waals surface area contributed by atoms with Gasteiger partial charge in [-0.2, -0.15) is 0 Å². The van der Waals surface area contributed by atoms with Crippen molar-refractivity contribution < 1.29 is 9.59 Å². The summed E-state index contributed by atoms with van der Waals surface area (Å²) in [6.45, 7) is 6.92. The number of amides is 2. The summed E-state index contributed by atoms with van der Waals surface area (Å²) >= 11 is 0. The number of hydrogen-bond acceptors (Lipinski definition) is 2. The van der Waals surface area contributed by atoms with Gasteiger partial charge in [-0.15, -0.1) is 0 Å². The average Bonchev–Trinajstić information content (AvgIpc) is 2.55. The topological polar surface area (TPSA) is 49.4 Å². The molecule has 25 heavy (non-hydrogen) atoms. The van der Waals surface area contributed by atoms with Gasteiger partial charge in [-0.25, -0.2) is 0 Å². The van der Waals surface area contributed by atoms with Gasteiger partial charge in [0.1, 0.15) is 6.42 Å². The first-order valence-electron chi connectivity index (χ1n) is 8.44. The van der Waals surface area contributed by atoms with E-state index in [9.17, 15) is 9.59 Å². The van der Waals surface area contributed by atoms with Gasteiger partial charge in [-0.3, -0.25) is 9.59 Å². The van der Waals surface area contributed by atoms with Crippen LogP contribution >= 0.6 is 0 Å². The Morgan fingerprint density at radius 1 is 0.960 bits per heavy atom. The molecule has 4 heteroatoms. The van der Waals surface area contributed by atoms with Crippen LogP contribution in [0.1, 0.15) is 38.3 Å². The van der Waals surface area contributed by atoms with Crippen LogP contribution in [-0.4, -0.2) is 23.8 Å². The zero-order valence-electron chi connectivity index (χ0n) is 15.4. The molecule has 0 radical (unpaired) electrons. The van der Waals surface area contributed by atoms with E-state index in [2.05, 4.69) is 26.1 Å². The van der Waals surface area contributed by atoms with Crippen molar-refractivity contribution in [1.29, 1.82) is 0 Å². The predicted octanol–water partition coefficient (Wildman–Crippen LogP) is 3.97. The molecular formula is C21H26N2O2. The quantitative estimate of drug-likeness (QED) is 0.839. The molecule has 2 aromatic rings. The lowest BCUT2D eigenvalue weighted by molar-refractivity contribution is -0.133. The van der Waals surface area contributed by atoms with E-state index in [4.69, 9.17) is 0 Å². The van der Waals surface area contributed by atoms with Crippen LogP contribution in [0.2, 0.25) is 0 Å². The molecule has 0 bridgehead atoms. The van der Waals surface area contributed by atoms with Crippen LogP contribution in [0.25, 0.3) is 0 Å². The zero-order valence-corrected chi connectivity index (χ0v) is 15.4. The van der Waals surface area contributed by atoms with E-state index in [1.165, 1.54) is 5.56 Å². The van der Waals surface area contributed by atoms with Crippen LogP contribution in [-0.2, 0) is 21.5 Å². The summed E-state index contributed by atoms with van der Waals surface area (Å²) in [5, 5.41) is 2.78. The fourth-order valence-electron chi connectivity index (χ4n) is 2.48. The van der Waals surface area contributed by atoms with Crippen molar-refractivity contribution in [3.05, 3.63) is 65.7 Å². The van der Waals surface area contributed by atoms with E-state index in [-0.39, 0.29) is 23.7 Å². The van der Waals surface area contributed by atoms with Crippen molar-refractivity contribution in [1.82, 2.24) is 4.90 Å². The second kappa shape index (κ2) is 7.97. The van der Waals surface area contributed by atoms with Gasteiger partial charge in [0.05, 0.1) is 0 Å². The molecule has 0 aromatic heterocycles. The van der Waals surface area contributed by atoms with Gasteiger partial charge in [-0.05, 0) is 28.7 Å². The molecule has 0 spiro atoms. The largest absolute Gasteiger partial charge is 0.341 e. The van der Waals surface area contributed by atoms with Crippen LogP contribution in [0, 0.1) is 0 Å². The summed E-state index contributed by atoms with van der Waals surface area (Å²) in [5.74, 6) is -0.499. The van der Waals surface area contributed by atoms with Crippen molar-refractivity contribution in [3.63, 3.8) is 0 Å². The first-order valence-corrected chi connectivity index (χ1v) is 8.44. The molecule has 0 aliphatic rings. The van der Waals surface area contributed by atoms with Crippen LogP contribution in [0.3, 0.4) is 0 Å². The molecule has 0 atom stereocenters. The highest BCUT2D eigenvalue weighted by Gasteiger charge is 2.16. The number of carbonyl (C=O) groups excluding carboxylic acids is 2. The van der Waals surface area contributed by atoms with E-state index in [1.807, 2.05) is 54.6 Å². The lowest BCUT2D eigenvalue weighted by Gasteiger charge is -2.19. The first-order chi connectivity index (χ1) is 11.8. The highest BCUT2D eigenvalue weighted by molar-refractivity contribution is 6.03. The second-order valence-corrected chi connectivity index (χ2v) is 7.29. The third kappa shape index (κ3) is 5.75. The number of anilines is 1. The molecule has 1 N–H and O–H groups in total. The first kappa shape index (κ1) is 18.7. The highest BCUT2D eigenvalue weighted by atomic mass is 16.2. The van der Waals surface area contributed by atoms with E-state index >= 15 is 0 Å². The molecule has 0 unspecified atom stereocenters. The lowest BCUT2D eigenvalue weighted by atomic mass is 9.87. The third-order valence-corrected chi connectivity index (χ3v) is 4.03. The summed E-state index contributed by atoms with van der Waals surface area (Å²) < 4.78 is 0. The number of carbonyl (C=O) groups is 2. The van der Waals surface area contributed by atoms with Crippen LogP contribution in [0.15, 0.2) is 54.6 Å². The Morgan fingerprint density at radius 2 is 1.56 bits per heavy atom. The van der Waals surface area contributed by atoms with E-state index in [0.717, 1.165) is 5.56 Å². The fourth-order valence-corrected chi connectivity index (χ4v) is 2.48. The Hall–Kier alpha value is -2.62. The Bertz CT molecular complexity index is 716. The summed E-state index contributed by atoms with van der Waals surface area (Å²) in [6.07, 6.45) is -0.162. The highest BCUT2D eigenvalue weighted by Crippen LogP contribution is 2.23. The Balaban J connectivity index is 1.88. The summed E-state index contributed by atoms with van der Waals surface area (Å²) in [7, 11) is 1.71.